The Hall–Kier alpha value is -1.10. The van der Waals surface area contributed by atoms with Crippen LogP contribution < -0.4 is 0 Å². The number of alkyl halides is 1. The number of nitrogens with zero attached hydrogens (tertiary/aromatic N) is 2. The van der Waals surface area contributed by atoms with E-state index in [0.717, 1.165) is 6.08 Å². The van der Waals surface area contributed by atoms with Crippen LogP contribution in [-0.2, 0) is 4.79 Å². The lowest BCUT2D eigenvalue weighted by molar-refractivity contribution is -0.113. The van der Waals surface area contributed by atoms with Crippen molar-refractivity contribution >= 4 is 33.9 Å². The van der Waals surface area contributed by atoms with Crippen LogP contribution in [0, 0.1) is 0 Å². The second kappa shape index (κ2) is 2.99. The van der Waals surface area contributed by atoms with Crippen molar-refractivity contribution in [3.8, 4) is 0 Å². The van der Waals surface area contributed by atoms with Gasteiger partial charge < -0.3 is 0 Å². The van der Waals surface area contributed by atoms with Crippen molar-refractivity contribution in [3.63, 3.8) is 0 Å². The SMILES string of the molecule is O=C1N=CN=C2C1=CC(F)=CC2Br. The standard InChI is InChI=1S/C8H4BrFN2O/c9-6-2-4(10)1-5-7(6)11-3-12-8(5)13/h1-3,6H. The summed E-state index contributed by atoms with van der Waals surface area (Å²) in [6.45, 7) is 0. The van der Waals surface area contributed by atoms with Gasteiger partial charge in [0.05, 0.1) is 16.1 Å². The number of hydrogen-bond donors (Lipinski definition) is 0. The number of carbonyl (C=O) groups excluding carboxylic acids is 1. The van der Waals surface area contributed by atoms with Crippen LogP contribution >= 0.6 is 15.9 Å². The molecule has 0 aromatic rings. The first-order valence-electron chi connectivity index (χ1n) is 3.56. The van der Waals surface area contributed by atoms with E-state index >= 15 is 0 Å². The maximum Gasteiger partial charge on any atom is 0.280 e. The molecular formula is C8H4BrFN2O. The topological polar surface area (TPSA) is 41.8 Å². The average molecular weight is 243 g/mol. The molecule has 0 fully saturated rings. The Bertz CT molecular complexity index is 395. The summed E-state index contributed by atoms with van der Waals surface area (Å²) < 4.78 is 12.9. The van der Waals surface area contributed by atoms with Crippen LogP contribution in [0.15, 0.2) is 33.5 Å². The summed E-state index contributed by atoms with van der Waals surface area (Å²) in [5.74, 6) is -0.890. The van der Waals surface area contributed by atoms with Crippen molar-refractivity contribution in [2.75, 3.05) is 0 Å². The summed E-state index contributed by atoms with van der Waals surface area (Å²) in [6.07, 6.45) is 3.67. The number of allylic oxidation sites excluding steroid dienone is 3. The summed E-state index contributed by atoms with van der Waals surface area (Å²) >= 11 is 3.20. The minimum Gasteiger partial charge on any atom is -0.267 e. The first kappa shape index (κ1) is 8.50. The van der Waals surface area contributed by atoms with E-state index in [1.54, 1.807) is 0 Å². The van der Waals surface area contributed by atoms with Crippen molar-refractivity contribution in [1.29, 1.82) is 0 Å². The Labute approximate surface area is 81.9 Å². The smallest absolute Gasteiger partial charge is 0.267 e. The van der Waals surface area contributed by atoms with Gasteiger partial charge in [-0.3, -0.25) is 4.79 Å². The van der Waals surface area contributed by atoms with Gasteiger partial charge in [-0.2, -0.15) is 4.99 Å². The Morgan fingerprint density at radius 1 is 1.54 bits per heavy atom. The molecule has 1 heterocycles. The molecule has 0 aromatic heterocycles. The molecule has 0 aromatic carbocycles. The third-order valence-electron chi connectivity index (χ3n) is 1.73. The molecule has 0 saturated carbocycles. The van der Waals surface area contributed by atoms with E-state index < -0.39 is 11.7 Å². The number of fused-ring (bicyclic) bond motifs is 1. The lowest BCUT2D eigenvalue weighted by Crippen LogP contribution is -2.25. The van der Waals surface area contributed by atoms with Crippen LogP contribution in [-0.4, -0.2) is 22.8 Å². The summed E-state index contributed by atoms with van der Waals surface area (Å²) in [7, 11) is 0. The van der Waals surface area contributed by atoms with Gasteiger partial charge in [0.25, 0.3) is 5.91 Å². The molecule has 0 bridgehead atoms. The second-order valence-corrected chi connectivity index (χ2v) is 3.56. The highest BCUT2D eigenvalue weighted by atomic mass is 79.9. The molecule has 5 heteroatoms. The van der Waals surface area contributed by atoms with E-state index in [2.05, 4.69) is 25.9 Å². The van der Waals surface area contributed by atoms with Crippen LogP contribution in [0.5, 0.6) is 0 Å². The zero-order chi connectivity index (χ0) is 9.42. The number of aliphatic imine (C=N–C) groups is 2. The molecule has 0 spiro atoms. The molecule has 0 radical (unpaired) electrons. The van der Waals surface area contributed by atoms with Crippen LogP contribution in [0.2, 0.25) is 0 Å². The predicted molar refractivity (Wildman–Crippen MR) is 50.9 cm³/mol. The predicted octanol–water partition coefficient (Wildman–Crippen LogP) is 1.55. The van der Waals surface area contributed by atoms with Crippen molar-refractivity contribution in [3.05, 3.63) is 23.6 Å². The monoisotopic (exact) mass is 242 g/mol. The van der Waals surface area contributed by atoms with Gasteiger partial charge in [0.2, 0.25) is 0 Å². The quantitative estimate of drug-likeness (QED) is 0.595. The largest absolute Gasteiger partial charge is 0.280 e. The van der Waals surface area contributed by atoms with Crippen LogP contribution in [0.3, 0.4) is 0 Å². The second-order valence-electron chi connectivity index (χ2n) is 2.58. The van der Waals surface area contributed by atoms with E-state index in [9.17, 15) is 9.18 Å². The molecule has 1 unspecified atom stereocenters. The molecule has 3 nitrogen and oxygen atoms in total. The fourth-order valence-corrected chi connectivity index (χ4v) is 1.77. The Morgan fingerprint density at radius 2 is 2.31 bits per heavy atom. The highest BCUT2D eigenvalue weighted by Gasteiger charge is 2.27. The molecule has 66 valence electrons. The fraction of sp³-hybridized carbons (Fsp3) is 0.125. The van der Waals surface area contributed by atoms with Gasteiger partial charge in [0.1, 0.15) is 12.2 Å². The van der Waals surface area contributed by atoms with Gasteiger partial charge in [-0.25, -0.2) is 9.38 Å². The van der Waals surface area contributed by atoms with Crippen LogP contribution in [0.1, 0.15) is 0 Å². The highest BCUT2D eigenvalue weighted by molar-refractivity contribution is 9.10. The minimum atomic E-state index is -0.447. The minimum absolute atomic E-state index is 0.226. The van der Waals surface area contributed by atoms with Crippen molar-refractivity contribution < 1.29 is 9.18 Å². The molecule has 0 N–H and O–H groups in total. The van der Waals surface area contributed by atoms with E-state index in [0.29, 0.717) is 5.71 Å². The Morgan fingerprint density at radius 3 is 3.08 bits per heavy atom. The van der Waals surface area contributed by atoms with Gasteiger partial charge in [-0.05, 0) is 12.2 Å². The lowest BCUT2D eigenvalue weighted by Gasteiger charge is -2.16. The molecule has 13 heavy (non-hydrogen) atoms. The van der Waals surface area contributed by atoms with Crippen molar-refractivity contribution in [2.45, 2.75) is 4.83 Å². The van der Waals surface area contributed by atoms with Crippen molar-refractivity contribution in [1.82, 2.24) is 0 Å². The molecule has 1 aliphatic heterocycles. The molecular weight excluding hydrogens is 239 g/mol. The summed E-state index contributed by atoms with van der Waals surface area (Å²) in [5.41, 5.74) is 0.741. The third-order valence-corrected chi connectivity index (χ3v) is 2.43. The molecule has 1 amide bonds. The number of amides is 1. The third kappa shape index (κ3) is 1.39. The number of carbonyl (C=O) groups is 1. The maximum absolute atomic E-state index is 12.9. The molecule has 0 saturated heterocycles. The average Bonchev–Trinajstić information content (AvgIpc) is 2.07. The van der Waals surface area contributed by atoms with E-state index in [-0.39, 0.29) is 10.4 Å². The maximum atomic E-state index is 12.9. The molecule has 1 aliphatic carbocycles. The Kier molecular flexibility index (Phi) is 1.95. The number of rotatable bonds is 0. The summed E-state index contributed by atoms with van der Waals surface area (Å²) in [4.78, 5) is 18.2. The normalized spacial score (nSPS) is 26.2. The first-order valence-corrected chi connectivity index (χ1v) is 4.48. The highest BCUT2D eigenvalue weighted by Crippen LogP contribution is 2.24. The van der Waals surface area contributed by atoms with Crippen LogP contribution in [0.4, 0.5) is 4.39 Å². The molecule has 2 rings (SSSR count). The lowest BCUT2D eigenvalue weighted by atomic mass is 10.0. The number of halogens is 2. The van der Waals surface area contributed by atoms with Gasteiger partial charge in [-0.15, -0.1) is 0 Å². The van der Waals surface area contributed by atoms with E-state index in [1.165, 1.54) is 12.4 Å². The van der Waals surface area contributed by atoms with E-state index in [1.807, 2.05) is 0 Å². The zero-order valence-electron chi connectivity index (χ0n) is 6.37. The van der Waals surface area contributed by atoms with Gasteiger partial charge in [-0.1, -0.05) is 15.9 Å². The van der Waals surface area contributed by atoms with Gasteiger partial charge in [0.15, 0.2) is 0 Å². The molecule has 2 aliphatic rings. The van der Waals surface area contributed by atoms with Crippen molar-refractivity contribution in [2.24, 2.45) is 9.98 Å². The first-order chi connectivity index (χ1) is 6.18. The zero-order valence-corrected chi connectivity index (χ0v) is 7.95. The van der Waals surface area contributed by atoms with Crippen LogP contribution in [0.25, 0.3) is 0 Å². The fourth-order valence-electron chi connectivity index (χ4n) is 1.15. The Balaban J connectivity index is 2.52. The van der Waals surface area contributed by atoms with E-state index in [4.69, 9.17) is 0 Å². The van der Waals surface area contributed by atoms with Gasteiger partial charge >= 0.3 is 0 Å². The molecule has 1 atom stereocenters. The summed E-state index contributed by atoms with van der Waals surface area (Å²) in [6, 6.07) is 0. The van der Waals surface area contributed by atoms with Gasteiger partial charge in [0, 0.05) is 0 Å². The number of hydrogen-bond acceptors (Lipinski definition) is 2. The summed E-state index contributed by atoms with van der Waals surface area (Å²) in [5, 5.41) is 0.